The largest absolute Gasteiger partial charge is 0.326 e. The summed E-state index contributed by atoms with van der Waals surface area (Å²) in [5.74, 6) is -0.0791. The first-order chi connectivity index (χ1) is 13.6. The molecule has 2 amide bonds. The highest BCUT2D eigenvalue weighted by Crippen LogP contribution is 2.29. The van der Waals surface area contributed by atoms with Gasteiger partial charge in [0.15, 0.2) is 0 Å². The molecule has 0 spiro atoms. The highest BCUT2D eigenvalue weighted by molar-refractivity contribution is 6.07. The van der Waals surface area contributed by atoms with Crippen LogP contribution in [0, 0.1) is 6.92 Å². The SMILES string of the molecule is Cc1ccccc1CC(=O)Nc1ccc(C(=O)N2CCc3ccccc32)cc1. The minimum Gasteiger partial charge on any atom is -0.326 e. The van der Waals surface area contributed by atoms with E-state index in [4.69, 9.17) is 0 Å². The Hall–Kier alpha value is -3.40. The van der Waals surface area contributed by atoms with Crippen molar-refractivity contribution in [2.75, 3.05) is 16.8 Å². The van der Waals surface area contributed by atoms with Crippen LogP contribution in [-0.2, 0) is 17.6 Å². The molecule has 0 bridgehead atoms. The summed E-state index contributed by atoms with van der Waals surface area (Å²) in [5, 5.41) is 2.91. The Morgan fingerprint density at radius 2 is 1.64 bits per heavy atom. The summed E-state index contributed by atoms with van der Waals surface area (Å²) >= 11 is 0. The lowest BCUT2D eigenvalue weighted by Crippen LogP contribution is -2.28. The first kappa shape index (κ1) is 18.0. The van der Waals surface area contributed by atoms with Gasteiger partial charge in [-0.15, -0.1) is 0 Å². The van der Waals surface area contributed by atoms with Gasteiger partial charge in [-0.2, -0.15) is 0 Å². The normalized spacial score (nSPS) is 12.5. The summed E-state index contributed by atoms with van der Waals surface area (Å²) in [5.41, 5.74) is 5.62. The van der Waals surface area contributed by atoms with E-state index in [-0.39, 0.29) is 11.8 Å². The lowest BCUT2D eigenvalue weighted by molar-refractivity contribution is -0.115. The van der Waals surface area contributed by atoms with E-state index >= 15 is 0 Å². The van der Waals surface area contributed by atoms with Crippen molar-refractivity contribution in [2.45, 2.75) is 19.8 Å². The molecule has 4 nitrogen and oxygen atoms in total. The molecule has 3 aromatic rings. The van der Waals surface area contributed by atoms with Crippen LogP contribution in [0.1, 0.15) is 27.0 Å². The second-order valence-electron chi connectivity index (χ2n) is 7.06. The number of nitrogens with one attached hydrogen (secondary N) is 1. The van der Waals surface area contributed by atoms with Crippen molar-refractivity contribution in [3.8, 4) is 0 Å². The molecule has 0 atom stereocenters. The van der Waals surface area contributed by atoms with Crippen LogP contribution < -0.4 is 10.2 Å². The Kier molecular flexibility index (Phi) is 4.94. The molecule has 4 heteroatoms. The van der Waals surface area contributed by atoms with Crippen LogP contribution in [0.4, 0.5) is 11.4 Å². The minimum atomic E-state index is -0.0677. The molecule has 4 rings (SSSR count). The molecule has 0 unspecified atom stereocenters. The zero-order valence-electron chi connectivity index (χ0n) is 15.8. The van der Waals surface area contributed by atoms with Crippen LogP contribution in [0.5, 0.6) is 0 Å². The number of carbonyl (C=O) groups excluding carboxylic acids is 2. The fourth-order valence-corrected chi connectivity index (χ4v) is 3.59. The number of fused-ring (bicyclic) bond motifs is 1. The van der Waals surface area contributed by atoms with E-state index in [9.17, 15) is 9.59 Å². The van der Waals surface area contributed by atoms with E-state index in [1.807, 2.05) is 54.3 Å². The standard InChI is InChI=1S/C24H22N2O2/c1-17-6-2-3-8-20(17)16-23(27)25-21-12-10-19(11-13-21)24(28)26-15-14-18-7-4-5-9-22(18)26/h2-13H,14-16H2,1H3,(H,25,27). The molecule has 140 valence electrons. The summed E-state index contributed by atoms with van der Waals surface area (Å²) in [6.45, 7) is 2.70. The van der Waals surface area contributed by atoms with Crippen molar-refractivity contribution in [3.05, 3.63) is 95.1 Å². The average molecular weight is 370 g/mol. The summed E-state index contributed by atoms with van der Waals surface area (Å²) in [6.07, 6.45) is 1.22. The first-order valence-corrected chi connectivity index (χ1v) is 9.46. The molecule has 0 saturated carbocycles. The number of carbonyl (C=O) groups is 2. The monoisotopic (exact) mass is 370 g/mol. The Morgan fingerprint density at radius 3 is 2.43 bits per heavy atom. The zero-order chi connectivity index (χ0) is 19.5. The molecule has 28 heavy (non-hydrogen) atoms. The van der Waals surface area contributed by atoms with Gasteiger partial charge in [-0.1, -0.05) is 42.5 Å². The molecular weight excluding hydrogens is 348 g/mol. The summed E-state index contributed by atoms with van der Waals surface area (Å²) < 4.78 is 0. The molecule has 0 aromatic heterocycles. The number of hydrogen-bond acceptors (Lipinski definition) is 2. The van der Waals surface area contributed by atoms with Crippen LogP contribution in [0.15, 0.2) is 72.8 Å². The van der Waals surface area contributed by atoms with Gasteiger partial charge in [-0.05, 0) is 60.4 Å². The van der Waals surface area contributed by atoms with Gasteiger partial charge in [-0.3, -0.25) is 9.59 Å². The predicted octanol–water partition coefficient (Wildman–Crippen LogP) is 4.38. The zero-order valence-corrected chi connectivity index (χ0v) is 15.8. The van der Waals surface area contributed by atoms with Crippen LogP contribution in [0.2, 0.25) is 0 Å². The number of aryl methyl sites for hydroxylation is 1. The molecule has 1 N–H and O–H groups in total. The van der Waals surface area contributed by atoms with Gasteiger partial charge >= 0.3 is 0 Å². The van der Waals surface area contributed by atoms with E-state index in [0.29, 0.717) is 24.2 Å². The van der Waals surface area contributed by atoms with Crippen molar-refractivity contribution in [2.24, 2.45) is 0 Å². The number of hydrogen-bond donors (Lipinski definition) is 1. The van der Waals surface area contributed by atoms with Crippen LogP contribution in [-0.4, -0.2) is 18.4 Å². The van der Waals surface area contributed by atoms with Gasteiger partial charge in [0, 0.05) is 23.5 Å². The van der Waals surface area contributed by atoms with E-state index in [2.05, 4.69) is 11.4 Å². The maximum Gasteiger partial charge on any atom is 0.258 e. The molecule has 1 heterocycles. The van der Waals surface area contributed by atoms with Gasteiger partial charge in [0.1, 0.15) is 0 Å². The number of benzene rings is 3. The average Bonchev–Trinajstić information content (AvgIpc) is 3.14. The summed E-state index contributed by atoms with van der Waals surface area (Å²) in [4.78, 5) is 27.0. The Bertz CT molecular complexity index is 1020. The fraction of sp³-hybridized carbons (Fsp3) is 0.167. The lowest BCUT2D eigenvalue weighted by Gasteiger charge is -2.17. The van der Waals surface area contributed by atoms with Gasteiger partial charge in [-0.25, -0.2) is 0 Å². The van der Waals surface area contributed by atoms with Crippen LogP contribution in [0.25, 0.3) is 0 Å². The van der Waals surface area contributed by atoms with Crippen LogP contribution >= 0.6 is 0 Å². The maximum absolute atomic E-state index is 12.9. The third-order valence-electron chi connectivity index (χ3n) is 5.16. The van der Waals surface area contributed by atoms with Crippen molar-refractivity contribution in [1.29, 1.82) is 0 Å². The molecule has 0 radical (unpaired) electrons. The second kappa shape index (κ2) is 7.69. The van der Waals surface area contributed by atoms with E-state index in [1.165, 1.54) is 5.56 Å². The fourth-order valence-electron chi connectivity index (χ4n) is 3.59. The molecule has 1 aliphatic heterocycles. The van der Waals surface area contributed by atoms with E-state index < -0.39 is 0 Å². The van der Waals surface area contributed by atoms with E-state index in [0.717, 1.165) is 23.2 Å². The third kappa shape index (κ3) is 3.67. The third-order valence-corrected chi connectivity index (χ3v) is 5.16. The maximum atomic E-state index is 12.9. The Morgan fingerprint density at radius 1 is 0.929 bits per heavy atom. The quantitative estimate of drug-likeness (QED) is 0.741. The molecule has 3 aromatic carbocycles. The van der Waals surface area contributed by atoms with Gasteiger partial charge in [0.25, 0.3) is 5.91 Å². The summed E-state index contributed by atoms with van der Waals surface area (Å²) in [6, 6.07) is 23.0. The van der Waals surface area contributed by atoms with Crippen molar-refractivity contribution < 1.29 is 9.59 Å². The highest BCUT2D eigenvalue weighted by atomic mass is 16.2. The number of amides is 2. The molecule has 0 saturated heterocycles. The summed E-state index contributed by atoms with van der Waals surface area (Å²) in [7, 11) is 0. The van der Waals surface area contributed by atoms with Crippen molar-refractivity contribution in [1.82, 2.24) is 0 Å². The van der Waals surface area contributed by atoms with Gasteiger partial charge < -0.3 is 10.2 Å². The number of rotatable bonds is 4. The predicted molar refractivity (Wildman–Crippen MR) is 112 cm³/mol. The smallest absolute Gasteiger partial charge is 0.258 e. The van der Waals surface area contributed by atoms with Gasteiger partial charge in [0.05, 0.1) is 6.42 Å². The van der Waals surface area contributed by atoms with Crippen molar-refractivity contribution >= 4 is 23.2 Å². The number of anilines is 2. The lowest BCUT2D eigenvalue weighted by atomic mass is 10.1. The van der Waals surface area contributed by atoms with Gasteiger partial charge in [0.2, 0.25) is 5.91 Å². The van der Waals surface area contributed by atoms with Crippen LogP contribution in [0.3, 0.4) is 0 Å². The minimum absolute atomic E-state index is 0.0114. The highest BCUT2D eigenvalue weighted by Gasteiger charge is 2.24. The molecule has 1 aliphatic rings. The van der Waals surface area contributed by atoms with Crippen molar-refractivity contribution in [3.63, 3.8) is 0 Å². The molecular formula is C24H22N2O2. The second-order valence-corrected chi connectivity index (χ2v) is 7.06. The molecule has 0 aliphatic carbocycles. The topological polar surface area (TPSA) is 49.4 Å². The first-order valence-electron chi connectivity index (χ1n) is 9.46. The Balaban J connectivity index is 1.42. The Labute approximate surface area is 164 Å². The molecule has 0 fully saturated rings. The number of para-hydroxylation sites is 1. The number of nitrogens with zero attached hydrogens (tertiary/aromatic N) is 1. The van der Waals surface area contributed by atoms with E-state index in [1.54, 1.807) is 24.3 Å².